The first kappa shape index (κ1) is 11.1. The molecular weight excluding hydrogens is 253 g/mol. The monoisotopic (exact) mass is 259 g/mol. The molecule has 0 saturated carbocycles. The minimum Gasteiger partial charge on any atom is -0.385 e. The lowest BCUT2D eigenvalue weighted by molar-refractivity contribution is 0.0521. The summed E-state index contributed by atoms with van der Waals surface area (Å²) in [6.45, 7) is 0. The van der Waals surface area contributed by atoms with Crippen molar-refractivity contribution in [2.45, 2.75) is 12.2 Å². The number of aliphatic hydroxyl groups excluding tert-OH is 2. The smallest absolute Gasteiger partial charge is 0.170 e. The third kappa shape index (κ3) is 2.29. The van der Waals surface area contributed by atoms with Crippen LogP contribution in [0, 0.1) is 17.1 Å². The van der Waals surface area contributed by atoms with Gasteiger partial charge in [0, 0.05) is 10.0 Å². The van der Waals surface area contributed by atoms with Crippen molar-refractivity contribution in [3.63, 3.8) is 0 Å². The van der Waals surface area contributed by atoms with Crippen LogP contribution in [0.5, 0.6) is 0 Å². The molecule has 1 aromatic carbocycles. The van der Waals surface area contributed by atoms with Crippen LogP contribution in [0.1, 0.15) is 11.7 Å². The zero-order valence-corrected chi connectivity index (χ0v) is 8.57. The summed E-state index contributed by atoms with van der Waals surface area (Å²) < 4.78 is 13.2. The van der Waals surface area contributed by atoms with Crippen molar-refractivity contribution in [3.8, 4) is 6.07 Å². The first-order chi connectivity index (χ1) is 6.56. The zero-order valence-electron chi connectivity index (χ0n) is 6.98. The number of benzene rings is 1. The number of hydrogen-bond acceptors (Lipinski definition) is 3. The summed E-state index contributed by atoms with van der Waals surface area (Å²) >= 11 is 3.08. The van der Waals surface area contributed by atoms with E-state index in [1.807, 2.05) is 0 Å². The van der Waals surface area contributed by atoms with Gasteiger partial charge >= 0.3 is 0 Å². The molecule has 0 spiro atoms. The van der Waals surface area contributed by atoms with E-state index in [4.69, 9.17) is 10.4 Å². The van der Waals surface area contributed by atoms with E-state index in [1.54, 1.807) is 0 Å². The molecule has 0 fully saturated rings. The summed E-state index contributed by atoms with van der Waals surface area (Å²) in [5.74, 6) is -0.535. The lowest BCUT2D eigenvalue weighted by atomic mass is 10.1. The summed E-state index contributed by atoms with van der Waals surface area (Å²) in [5, 5.41) is 26.8. The highest BCUT2D eigenvalue weighted by atomic mass is 79.9. The van der Waals surface area contributed by atoms with Gasteiger partial charge in [-0.15, -0.1) is 0 Å². The first-order valence-corrected chi connectivity index (χ1v) is 4.56. The van der Waals surface area contributed by atoms with Gasteiger partial charge in [0.05, 0.1) is 6.07 Å². The van der Waals surface area contributed by atoms with E-state index in [2.05, 4.69) is 15.9 Å². The van der Waals surface area contributed by atoms with Crippen molar-refractivity contribution < 1.29 is 14.6 Å². The Bertz CT molecular complexity index is 378. The Morgan fingerprint density at radius 3 is 2.64 bits per heavy atom. The van der Waals surface area contributed by atoms with Crippen LogP contribution in [0.3, 0.4) is 0 Å². The fourth-order valence-electron chi connectivity index (χ4n) is 0.982. The zero-order chi connectivity index (χ0) is 10.7. The third-order valence-electron chi connectivity index (χ3n) is 1.71. The van der Waals surface area contributed by atoms with Crippen LogP contribution in [-0.2, 0) is 0 Å². The van der Waals surface area contributed by atoms with E-state index in [0.29, 0.717) is 4.47 Å². The van der Waals surface area contributed by atoms with Crippen LogP contribution >= 0.6 is 15.9 Å². The van der Waals surface area contributed by atoms with Crippen LogP contribution in [0.2, 0.25) is 0 Å². The maximum atomic E-state index is 12.8. The molecule has 0 aliphatic carbocycles. The van der Waals surface area contributed by atoms with Gasteiger partial charge in [-0.3, -0.25) is 0 Å². The Balaban J connectivity index is 3.07. The molecule has 0 heterocycles. The maximum absolute atomic E-state index is 12.8. The molecule has 14 heavy (non-hydrogen) atoms. The molecule has 0 aromatic heterocycles. The van der Waals surface area contributed by atoms with Gasteiger partial charge in [-0.25, -0.2) is 4.39 Å². The van der Waals surface area contributed by atoms with E-state index >= 15 is 0 Å². The van der Waals surface area contributed by atoms with Crippen molar-refractivity contribution in [2.75, 3.05) is 0 Å². The molecule has 0 bridgehead atoms. The molecule has 1 rings (SSSR count). The van der Waals surface area contributed by atoms with Crippen molar-refractivity contribution in [1.29, 1.82) is 5.26 Å². The molecule has 0 aliphatic heterocycles. The van der Waals surface area contributed by atoms with E-state index < -0.39 is 18.0 Å². The highest BCUT2D eigenvalue weighted by Crippen LogP contribution is 2.26. The van der Waals surface area contributed by atoms with Gasteiger partial charge < -0.3 is 10.2 Å². The van der Waals surface area contributed by atoms with Crippen LogP contribution < -0.4 is 0 Å². The van der Waals surface area contributed by atoms with Crippen LogP contribution in [0.15, 0.2) is 22.7 Å². The van der Waals surface area contributed by atoms with Crippen LogP contribution in [0.25, 0.3) is 0 Å². The Labute approximate surface area is 88.5 Å². The number of aliphatic hydroxyl groups is 2. The predicted molar refractivity (Wildman–Crippen MR) is 50.7 cm³/mol. The van der Waals surface area contributed by atoms with Crippen molar-refractivity contribution in [1.82, 2.24) is 0 Å². The molecular formula is C9H7BrFNO2. The summed E-state index contributed by atoms with van der Waals surface area (Å²) in [5.41, 5.74) is 0.152. The average molecular weight is 260 g/mol. The highest BCUT2D eigenvalue weighted by molar-refractivity contribution is 9.10. The lowest BCUT2D eigenvalue weighted by Crippen LogP contribution is -2.16. The Kier molecular flexibility index (Phi) is 3.58. The summed E-state index contributed by atoms with van der Waals surface area (Å²) in [6, 6.07) is 5.15. The quantitative estimate of drug-likeness (QED) is 0.792. The number of nitrogens with zero attached hydrogens (tertiary/aromatic N) is 1. The molecule has 2 unspecified atom stereocenters. The molecule has 1 aromatic rings. The largest absolute Gasteiger partial charge is 0.385 e. The summed E-state index contributed by atoms with van der Waals surface area (Å²) in [7, 11) is 0. The van der Waals surface area contributed by atoms with E-state index in [-0.39, 0.29) is 5.56 Å². The van der Waals surface area contributed by atoms with Crippen molar-refractivity contribution >= 4 is 15.9 Å². The molecule has 0 saturated heterocycles. The second kappa shape index (κ2) is 4.51. The second-order valence-corrected chi connectivity index (χ2v) is 3.54. The molecule has 3 nitrogen and oxygen atoms in total. The fraction of sp³-hybridized carbons (Fsp3) is 0.222. The topological polar surface area (TPSA) is 64.2 Å². The van der Waals surface area contributed by atoms with Gasteiger partial charge in [0.2, 0.25) is 0 Å². The number of hydrogen-bond donors (Lipinski definition) is 2. The average Bonchev–Trinajstić information content (AvgIpc) is 2.19. The SMILES string of the molecule is N#CC(O)C(O)c1cc(F)ccc1Br. The van der Waals surface area contributed by atoms with Gasteiger partial charge in [-0.05, 0) is 18.2 Å². The molecule has 2 N–H and O–H groups in total. The van der Waals surface area contributed by atoms with E-state index in [9.17, 15) is 9.50 Å². The molecule has 0 aliphatic rings. The highest BCUT2D eigenvalue weighted by Gasteiger charge is 2.20. The van der Waals surface area contributed by atoms with Crippen LogP contribution in [0.4, 0.5) is 4.39 Å². The second-order valence-electron chi connectivity index (χ2n) is 2.68. The third-order valence-corrected chi connectivity index (χ3v) is 2.43. The number of rotatable bonds is 2. The van der Waals surface area contributed by atoms with Crippen molar-refractivity contribution in [2.24, 2.45) is 0 Å². The molecule has 74 valence electrons. The molecule has 0 amide bonds. The minimum atomic E-state index is -1.56. The van der Waals surface area contributed by atoms with Crippen LogP contribution in [-0.4, -0.2) is 16.3 Å². The minimum absolute atomic E-state index is 0.152. The van der Waals surface area contributed by atoms with E-state index in [0.717, 1.165) is 6.07 Å². The predicted octanol–water partition coefficient (Wildman–Crippen LogP) is 1.51. The first-order valence-electron chi connectivity index (χ1n) is 3.77. The Morgan fingerprint density at radius 2 is 2.07 bits per heavy atom. The Morgan fingerprint density at radius 1 is 1.43 bits per heavy atom. The molecule has 2 atom stereocenters. The summed E-state index contributed by atoms with van der Waals surface area (Å²) in [4.78, 5) is 0. The number of nitriles is 1. The van der Waals surface area contributed by atoms with E-state index in [1.165, 1.54) is 18.2 Å². The van der Waals surface area contributed by atoms with Crippen molar-refractivity contribution in [3.05, 3.63) is 34.1 Å². The molecule has 0 radical (unpaired) electrons. The fourth-order valence-corrected chi connectivity index (χ4v) is 1.46. The van der Waals surface area contributed by atoms with Gasteiger partial charge in [-0.1, -0.05) is 15.9 Å². The summed E-state index contributed by atoms with van der Waals surface area (Å²) in [6.07, 6.45) is -2.97. The Hall–Kier alpha value is -0.960. The normalized spacial score (nSPS) is 14.5. The standard InChI is InChI=1S/C9H7BrFNO2/c10-7-2-1-5(11)3-6(7)9(14)8(13)4-12/h1-3,8-9,13-14H. The number of halogens is 2. The van der Waals surface area contributed by atoms with Gasteiger partial charge in [0.25, 0.3) is 0 Å². The van der Waals surface area contributed by atoms with Gasteiger partial charge in [-0.2, -0.15) is 5.26 Å². The van der Waals surface area contributed by atoms with Gasteiger partial charge in [0.1, 0.15) is 11.9 Å². The van der Waals surface area contributed by atoms with Gasteiger partial charge in [0.15, 0.2) is 6.10 Å². The lowest BCUT2D eigenvalue weighted by Gasteiger charge is -2.13. The molecule has 5 heteroatoms. The maximum Gasteiger partial charge on any atom is 0.170 e.